The molecule has 0 atom stereocenters. The van der Waals surface area contributed by atoms with E-state index in [1.54, 1.807) is 25.1 Å². The topological polar surface area (TPSA) is 99.3 Å². The minimum absolute atomic E-state index is 0.120. The molecule has 2 N–H and O–H groups in total. The van der Waals surface area contributed by atoms with E-state index in [4.69, 9.17) is 4.74 Å². The van der Waals surface area contributed by atoms with Crippen LogP contribution in [0.4, 0.5) is 21.6 Å². The van der Waals surface area contributed by atoms with Crippen molar-refractivity contribution in [1.29, 1.82) is 0 Å². The molecular weight excluding hydrogens is 604 g/mol. The lowest BCUT2D eigenvalue weighted by atomic mass is 10.1. The van der Waals surface area contributed by atoms with Crippen LogP contribution in [0.5, 0.6) is 0 Å². The minimum atomic E-state index is -0.521. The van der Waals surface area contributed by atoms with Gasteiger partial charge in [-0.25, -0.2) is 9.18 Å². The average Bonchev–Trinajstić information content (AvgIpc) is 3.69. The lowest BCUT2D eigenvalue weighted by molar-refractivity contribution is 0.0211. The van der Waals surface area contributed by atoms with Crippen LogP contribution in [0, 0.1) is 16.3 Å². The Morgan fingerprint density at radius 2 is 1.82 bits per heavy atom. The fourth-order valence-corrected chi connectivity index (χ4v) is 5.32. The highest BCUT2D eigenvalue weighted by atomic mass is 127. The van der Waals surface area contributed by atoms with Gasteiger partial charge in [-0.3, -0.25) is 23.3 Å². The first-order valence-electron chi connectivity index (χ1n) is 12.3. The Bertz CT molecular complexity index is 1790. The summed E-state index contributed by atoms with van der Waals surface area (Å²) >= 11 is 2.01. The number of rotatable bonds is 6. The van der Waals surface area contributed by atoms with E-state index in [0.717, 1.165) is 5.69 Å². The summed E-state index contributed by atoms with van der Waals surface area (Å²) < 4.78 is 24.8. The van der Waals surface area contributed by atoms with Gasteiger partial charge in [-0.05, 0) is 78.8 Å². The molecule has 196 valence electrons. The average molecular weight is 629 g/mol. The SMILES string of the molecule is Cc1c(=O)n(C)c(Nc2ccc(I)cc2F)c2c(=O)n(C3CC3)c(=O)n(-c3cccc(NC4COC4)c3)c12. The Balaban J connectivity index is 1.66. The second-order valence-electron chi connectivity index (χ2n) is 9.76. The van der Waals surface area contributed by atoms with Gasteiger partial charge in [0.15, 0.2) is 0 Å². The van der Waals surface area contributed by atoms with Gasteiger partial charge in [0.2, 0.25) is 0 Å². The molecule has 1 saturated heterocycles. The Morgan fingerprint density at radius 1 is 1.05 bits per heavy atom. The van der Waals surface area contributed by atoms with Crippen molar-refractivity contribution in [1.82, 2.24) is 13.7 Å². The maximum absolute atomic E-state index is 14.8. The zero-order valence-corrected chi connectivity index (χ0v) is 22.9. The van der Waals surface area contributed by atoms with Crippen molar-refractivity contribution in [3.8, 4) is 5.69 Å². The third kappa shape index (κ3) is 4.13. The highest BCUT2D eigenvalue weighted by molar-refractivity contribution is 14.1. The zero-order valence-electron chi connectivity index (χ0n) is 20.8. The van der Waals surface area contributed by atoms with Gasteiger partial charge in [-0.1, -0.05) is 6.07 Å². The number of hydrogen-bond donors (Lipinski definition) is 2. The number of nitrogens with one attached hydrogen (secondary N) is 2. The first-order valence-corrected chi connectivity index (χ1v) is 13.4. The number of halogens is 2. The molecule has 9 nitrogen and oxygen atoms in total. The van der Waals surface area contributed by atoms with Crippen LogP contribution < -0.4 is 27.4 Å². The molecule has 1 aliphatic carbocycles. The molecule has 2 aromatic heterocycles. The predicted molar refractivity (Wildman–Crippen MR) is 153 cm³/mol. The van der Waals surface area contributed by atoms with Crippen LogP contribution in [-0.4, -0.2) is 33.0 Å². The van der Waals surface area contributed by atoms with Crippen LogP contribution in [0.2, 0.25) is 0 Å². The summed E-state index contributed by atoms with van der Waals surface area (Å²) in [6.07, 6.45) is 1.42. The first-order chi connectivity index (χ1) is 18.2. The predicted octanol–water partition coefficient (Wildman–Crippen LogP) is 3.79. The molecule has 3 heterocycles. The Hall–Kier alpha value is -3.45. The van der Waals surface area contributed by atoms with Gasteiger partial charge in [0.1, 0.15) is 17.0 Å². The summed E-state index contributed by atoms with van der Waals surface area (Å²) in [5.41, 5.74) is 0.478. The Kier molecular flexibility index (Phi) is 6.14. The van der Waals surface area contributed by atoms with Crippen LogP contribution in [0.15, 0.2) is 56.8 Å². The number of aryl methyl sites for hydroxylation is 1. The summed E-state index contributed by atoms with van der Waals surface area (Å²) in [5, 5.41) is 6.52. The third-order valence-electron chi connectivity index (χ3n) is 7.05. The first kappa shape index (κ1) is 24.9. The fourth-order valence-electron chi connectivity index (χ4n) is 4.86. The molecule has 0 amide bonds. The van der Waals surface area contributed by atoms with E-state index >= 15 is 0 Å². The smallest absolute Gasteiger partial charge is 0.336 e. The van der Waals surface area contributed by atoms with Crippen LogP contribution in [0.25, 0.3) is 16.6 Å². The number of ether oxygens (including phenoxy) is 1. The number of pyridine rings is 1. The van der Waals surface area contributed by atoms with Crippen molar-refractivity contribution in [2.24, 2.45) is 7.05 Å². The Morgan fingerprint density at radius 3 is 2.47 bits per heavy atom. The van der Waals surface area contributed by atoms with Gasteiger partial charge in [0.25, 0.3) is 11.1 Å². The molecule has 2 aromatic carbocycles. The van der Waals surface area contributed by atoms with E-state index in [0.29, 0.717) is 35.3 Å². The maximum Gasteiger partial charge on any atom is 0.336 e. The Labute approximate surface area is 230 Å². The molecule has 0 spiro atoms. The van der Waals surface area contributed by atoms with Crippen LogP contribution in [-0.2, 0) is 11.8 Å². The molecule has 2 fully saturated rings. The molecule has 6 rings (SSSR count). The largest absolute Gasteiger partial charge is 0.378 e. The van der Waals surface area contributed by atoms with Crippen LogP contribution in [0.3, 0.4) is 0 Å². The third-order valence-corrected chi connectivity index (χ3v) is 7.72. The molecule has 0 unspecified atom stereocenters. The number of benzene rings is 2. The van der Waals surface area contributed by atoms with Crippen molar-refractivity contribution in [2.45, 2.75) is 31.8 Å². The van der Waals surface area contributed by atoms with Crippen molar-refractivity contribution in [2.75, 3.05) is 23.8 Å². The quantitative estimate of drug-likeness (QED) is 0.315. The summed E-state index contributed by atoms with van der Waals surface area (Å²) in [6.45, 7) is 2.79. The van der Waals surface area contributed by atoms with E-state index in [1.165, 1.54) is 26.8 Å². The number of anilines is 3. The molecule has 11 heteroatoms. The maximum atomic E-state index is 14.8. The van der Waals surface area contributed by atoms with Crippen molar-refractivity contribution < 1.29 is 9.13 Å². The van der Waals surface area contributed by atoms with Crippen molar-refractivity contribution >= 4 is 50.7 Å². The van der Waals surface area contributed by atoms with Gasteiger partial charge in [-0.15, -0.1) is 0 Å². The minimum Gasteiger partial charge on any atom is -0.378 e. The lowest BCUT2D eigenvalue weighted by Gasteiger charge is -2.28. The summed E-state index contributed by atoms with van der Waals surface area (Å²) in [5.74, 6) is -0.391. The van der Waals surface area contributed by atoms with Crippen LogP contribution in [0.1, 0.15) is 24.4 Å². The highest BCUT2D eigenvalue weighted by Crippen LogP contribution is 2.34. The van der Waals surface area contributed by atoms with Gasteiger partial charge in [-0.2, -0.15) is 0 Å². The molecule has 38 heavy (non-hydrogen) atoms. The van der Waals surface area contributed by atoms with E-state index in [2.05, 4.69) is 10.6 Å². The number of fused-ring (bicyclic) bond motifs is 1. The van der Waals surface area contributed by atoms with Gasteiger partial charge in [0.05, 0.1) is 36.1 Å². The molecule has 1 saturated carbocycles. The summed E-state index contributed by atoms with van der Waals surface area (Å²) in [4.78, 5) is 41.2. The highest BCUT2D eigenvalue weighted by Gasteiger charge is 2.31. The fraction of sp³-hybridized carbons (Fsp3) is 0.296. The number of aromatic nitrogens is 3. The molecule has 4 aromatic rings. The molecule has 2 aliphatic rings. The summed E-state index contributed by atoms with van der Waals surface area (Å²) in [6, 6.07) is 11.9. The molecule has 0 radical (unpaired) electrons. The monoisotopic (exact) mass is 629 g/mol. The van der Waals surface area contributed by atoms with E-state index < -0.39 is 22.6 Å². The van der Waals surface area contributed by atoms with Crippen molar-refractivity contribution in [3.05, 3.63) is 88.6 Å². The van der Waals surface area contributed by atoms with E-state index in [-0.39, 0.29) is 40.1 Å². The molecule has 0 bridgehead atoms. The van der Waals surface area contributed by atoms with Crippen molar-refractivity contribution in [3.63, 3.8) is 0 Å². The zero-order chi connectivity index (χ0) is 26.7. The van der Waals surface area contributed by atoms with Gasteiger partial charge >= 0.3 is 5.69 Å². The van der Waals surface area contributed by atoms with E-state index in [1.807, 2.05) is 40.8 Å². The summed E-state index contributed by atoms with van der Waals surface area (Å²) in [7, 11) is 1.53. The molecule has 1 aliphatic heterocycles. The van der Waals surface area contributed by atoms with Crippen LogP contribution >= 0.6 is 22.6 Å². The second kappa shape index (κ2) is 9.38. The number of hydrogen-bond acceptors (Lipinski definition) is 6. The van der Waals surface area contributed by atoms with Gasteiger partial charge in [0, 0.05) is 27.9 Å². The normalized spacial score (nSPS) is 15.5. The number of nitrogens with zero attached hydrogens (tertiary/aromatic N) is 3. The van der Waals surface area contributed by atoms with Gasteiger partial charge < -0.3 is 15.4 Å². The van der Waals surface area contributed by atoms with E-state index in [9.17, 15) is 18.8 Å². The molecular formula is C27H25FIN5O4. The standard InChI is InChI=1S/C27H25FIN5O4/c1-14-23-22(24(32(2)25(14)35)31-21-9-6-15(29)10-20(21)28)26(36)34(18-7-8-18)27(37)33(23)19-5-3-4-16(11-19)30-17-12-38-13-17/h3-6,9-11,17-18,30-31H,7-8,12-13H2,1-2H3. The second-order valence-corrected chi connectivity index (χ2v) is 11.0. The lowest BCUT2D eigenvalue weighted by Crippen LogP contribution is -2.41.